The number of nitrogens with one attached hydrogen (secondary N) is 3. The third-order valence-corrected chi connectivity index (χ3v) is 15.2. The molecule has 0 spiro atoms. The molecule has 0 aliphatic rings. The fourth-order valence-corrected chi connectivity index (χ4v) is 10.5. The van der Waals surface area contributed by atoms with Gasteiger partial charge in [0.15, 0.2) is 15.5 Å². The molecule has 0 atom stereocenters. The number of H-pyrrole nitrogens is 2. The van der Waals surface area contributed by atoms with Crippen molar-refractivity contribution < 1.29 is 210 Å². The number of carbonyl (C=O) groups excluding carboxylic acids is 2. The number of thiazole rings is 1. The van der Waals surface area contributed by atoms with Crippen LogP contribution in [-0.2, 0) is 196 Å². The maximum atomic E-state index is 11.4. The summed E-state index contributed by atoms with van der Waals surface area (Å²) in [5, 5.41) is 50.4. The average molecular weight is 2030 g/mol. The second-order valence-electron chi connectivity index (χ2n) is 16.9. The Bertz CT molecular complexity index is 4810. The van der Waals surface area contributed by atoms with E-state index in [-0.39, 0.29) is 213 Å². The van der Waals surface area contributed by atoms with Gasteiger partial charge in [0.25, 0.3) is 4.84 Å². The Morgan fingerprint density at radius 2 is 0.865 bits per heavy atom. The van der Waals surface area contributed by atoms with Crippen LogP contribution in [0.2, 0.25) is 4.47 Å². The first-order valence-corrected chi connectivity index (χ1v) is 35.4. The van der Waals surface area contributed by atoms with Crippen molar-refractivity contribution in [2.24, 2.45) is 5.84 Å². The number of rotatable bonds is 7. The summed E-state index contributed by atoms with van der Waals surface area (Å²) in [5.41, 5.74) is 18.1. The van der Waals surface area contributed by atoms with E-state index in [2.05, 4.69) is 119 Å². The van der Waals surface area contributed by atoms with Crippen LogP contribution in [0.15, 0.2) is 156 Å². The van der Waals surface area contributed by atoms with E-state index in [9.17, 15) is 9.59 Å². The first-order chi connectivity index (χ1) is 48.0. The van der Waals surface area contributed by atoms with Crippen molar-refractivity contribution in [3.05, 3.63) is 213 Å². The number of nitrogens with two attached hydrogens (primary N) is 2. The van der Waals surface area contributed by atoms with Crippen LogP contribution < -0.4 is 17.0 Å². The van der Waals surface area contributed by atoms with Gasteiger partial charge in [-0.25, -0.2) is 20.4 Å². The molecular formula is C66H70BrClN22O3S5Y6-6. The number of anilines is 1. The number of hydrogen-bond donors (Lipinski definition) is 5. The van der Waals surface area contributed by atoms with Crippen molar-refractivity contribution >= 4 is 136 Å². The fraction of sp³-hybridized carbons (Fsp3) is 0.197. The maximum absolute atomic E-state index is 11.4. The van der Waals surface area contributed by atoms with Crippen molar-refractivity contribution in [3.63, 3.8) is 0 Å². The Morgan fingerprint density at radius 3 is 1.23 bits per heavy atom. The third kappa shape index (κ3) is 28.9. The molecule has 0 aromatic carbocycles. The van der Waals surface area contributed by atoms with Gasteiger partial charge in [0.05, 0.1) is 5.78 Å². The summed E-state index contributed by atoms with van der Waals surface area (Å²) in [7, 11) is 0. The van der Waals surface area contributed by atoms with Crippen molar-refractivity contribution in [3.8, 4) is 43.9 Å². The molecule has 0 unspecified atom stereocenters. The molecule has 0 saturated heterocycles. The van der Waals surface area contributed by atoms with E-state index >= 15 is 0 Å². The maximum Gasteiger partial charge on any atom is 0.271 e. The number of aromatic amines is 2. The monoisotopic (exact) mass is 2030 g/mol. The van der Waals surface area contributed by atoms with Gasteiger partial charge in [-0.1, -0.05) is 183 Å². The number of pyridine rings is 6. The zero-order valence-electron chi connectivity index (χ0n) is 58.9. The summed E-state index contributed by atoms with van der Waals surface area (Å²) < 4.78 is 16.6. The number of amides is 1. The standard InChI is InChI=1S/C10H6N3S2.C9H6BrN2O.C9H4ClN4S.C9H6N5S.C9H5N4OS.C8H7N4O.6C2H6.6Y/c14-10-12-8(6-15-10)7-5-11-13-4-2-1-3-9(7)13;10-5-9(13)7-6-11-12-4-2-1-3-8(7)12;2*10-9-13-12-8(15-9)6-5-11-14-4-2-1-3-7(6)14;15-9-12-11-8(14-9)6-5-10-13-4-2-1-3-7(6)13;9-11-8(13)6-5-10-12-4-2-1-3-7(6)12;6*1-2;;;;;;/h1-4,6H,(H,12,14);1-4H,5H2;1-4H;1-4H,(H2,10,13);1-4H,(H,12,15);1-4H,9H2,(H,11,13);6*1-2H3;;;;;;/q6*-1;;;;;;;;;;;;. The number of nitrogens with zero attached hydrogens (tertiary/aromatic N) is 17. The number of fused-ring (bicyclic) bond motifs is 6. The number of nitrogen functional groups attached to an aromatic ring is 2. The molecule has 0 saturated carbocycles. The Hall–Kier alpha value is -3.24. The van der Waals surface area contributed by atoms with Crippen LogP contribution in [0.5, 0.6) is 0 Å². The van der Waals surface area contributed by atoms with Crippen LogP contribution in [-0.4, -0.2) is 110 Å². The van der Waals surface area contributed by atoms with Gasteiger partial charge in [-0.2, -0.15) is 11.3 Å². The Balaban J connectivity index is 0. The minimum atomic E-state index is -0.388. The molecule has 1 amide bonds. The minimum Gasteiger partial charge on any atom is -0.474 e. The van der Waals surface area contributed by atoms with Crippen LogP contribution in [0.1, 0.15) is 104 Å². The number of ketones is 1. The second kappa shape index (κ2) is 56.9. The van der Waals surface area contributed by atoms with Crippen LogP contribution in [0.25, 0.3) is 77.0 Å². The van der Waals surface area contributed by atoms with E-state index in [0.29, 0.717) is 43.0 Å². The van der Waals surface area contributed by atoms with Crippen LogP contribution in [0.3, 0.4) is 0 Å². The molecule has 0 bridgehead atoms. The van der Waals surface area contributed by atoms with Crippen molar-refractivity contribution in [2.45, 2.75) is 83.1 Å². The smallest absolute Gasteiger partial charge is 0.271 e. The molecule has 0 aliphatic carbocycles. The van der Waals surface area contributed by atoms with Gasteiger partial charge in [-0.3, -0.25) is 36.4 Å². The van der Waals surface area contributed by atoms with Gasteiger partial charge in [0.2, 0.25) is 0 Å². The van der Waals surface area contributed by atoms with Crippen LogP contribution >= 0.6 is 86.0 Å². The van der Waals surface area contributed by atoms with Gasteiger partial charge >= 0.3 is 0 Å². The number of carbonyl (C=O) groups is 2. The third-order valence-electron chi connectivity index (χ3n) is 11.7. The van der Waals surface area contributed by atoms with E-state index in [1.807, 2.05) is 222 Å². The van der Waals surface area contributed by atoms with Crippen LogP contribution in [0, 0.1) is 46.0 Å². The SMILES string of the molecule is CC.CC.CC.CC.CC.CC.Clc1nnc(-c2[c-]nn3ccccc23)s1.NNC(=O)c1[c-]nn2ccccc12.Nc1nnc(-c2[c-]nn3ccccc23)s1.O=C(CBr)c1[c-]nn2ccccc12.S=c1[nH]c(-c2[c-]nn3ccccc23)cs1.S=c1[nH]nc(-c2[c-]nn3ccccc23)o1.[Y].[Y].[Y].[Y].[Y].[Y]. The zero-order valence-corrected chi connectivity index (χ0v) is 82.3. The van der Waals surface area contributed by atoms with E-state index in [1.165, 1.54) is 34.0 Å². The molecule has 0 fully saturated rings. The molecule has 16 aromatic heterocycles. The molecular weight excluding hydrogens is 1960 g/mol. The quantitative estimate of drug-likeness (QED) is 0.0188. The molecule has 25 nitrogen and oxygen atoms in total. The van der Waals surface area contributed by atoms with Gasteiger partial charge in [-0.05, 0) is 154 Å². The van der Waals surface area contributed by atoms with E-state index < -0.39 is 0 Å². The molecule has 104 heavy (non-hydrogen) atoms. The predicted molar refractivity (Wildman–Crippen MR) is 398 cm³/mol. The molecule has 16 rings (SSSR count). The number of hydrogen-bond acceptors (Lipinski definition) is 21. The van der Waals surface area contributed by atoms with Crippen molar-refractivity contribution in [2.75, 3.05) is 11.1 Å². The topological polar surface area (TPSA) is 311 Å². The molecule has 16 heterocycles. The average Bonchev–Trinajstić information content (AvgIpc) is 1.67. The Morgan fingerprint density at radius 1 is 0.510 bits per heavy atom. The summed E-state index contributed by atoms with van der Waals surface area (Å²) in [6, 6.07) is 34.2. The number of hydrazine groups is 1. The van der Waals surface area contributed by atoms with Gasteiger partial charge in [-0.15, -0.1) is 55.1 Å². The van der Waals surface area contributed by atoms with Crippen molar-refractivity contribution in [1.82, 2.24) is 98.7 Å². The molecule has 38 heteroatoms. The molecule has 16 aromatic rings. The van der Waals surface area contributed by atoms with E-state index in [0.717, 1.165) is 63.9 Å². The normalized spacial score (nSPS) is 9.26. The zero-order chi connectivity index (χ0) is 71.5. The molecule has 7 N–H and O–H groups in total. The summed E-state index contributed by atoms with van der Waals surface area (Å²) in [4.78, 5) is 25.9. The summed E-state index contributed by atoms with van der Waals surface area (Å²) in [5.74, 6) is 5.01. The van der Waals surface area contributed by atoms with Gasteiger partial charge in [0, 0.05) is 249 Å². The molecule has 6 radical (unpaired) electrons. The van der Waals surface area contributed by atoms with Crippen LogP contribution in [0.4, 0.5) is 5.13 Å². The summed E-state index contributed by atoms with van der Waals surface area (Å²) in [6.45, 7) is 24.0. The largest absolute Gasteiger partial charge is 0.474 e. The first kappa shape index (κ1) is 103. The van der Waals surface area contributed by atoms with Gasteiger partial charge in [0.1, 0.15) is 9.85 Å². The van der Waals surface area contributed by atoms with E-state index in [1.54, 1.807) is 45.6 Å². The minimum absolute atomic E-state index is 0. The first-order valence-electron chi connectivity index (χ1n) is 30.6. The second-order valence-corrected chi connectivity index (χ2v) is 22.0. The number of halogens is 2. The Kier molecular flexibility index (Phi) is 56.3. The van der Waals surface area contributed by atoms with Crippen molar-refractivity contribution in [1.29, 1.82) is 0 Å². The summed E-state index contributed by atoms with van der Waals surface area (Å²) in [6.07, 6.45) is 27.9. The summed E-state index contributed by atoms with van der Waals surface area (Å²) >= 11 is 22.9. The molecule has 530 valence electrons. The number of alkyl halides is 1. The number of aromatic nitrogens is 19. The Labute approximate surface area is 789 Å². The van der Waals surface area contributed by atoms with E-state index in [4.69, 9.17) is 52.0 Å². The molecule has 0 aliphatic heterocycles. The van der Waals surface area contributed by atoms with Gasteiger partial charge < -0.3 is 57.2 Å². The predicted octanol–water partition coefficient (Wildman–Crippen LogP) is 15.9. The fourth-order valence-electron chi connectivity index (χ4n) is 7.85. The number of Topliss-reactive ketones (excluding diaryl/α,β-unsaturated/α-hetero) is 1.